The van der Waals surface area contributed by atoms with Crippen molar-refractivity contribution >= 4 is 17.0 Å². The number of aryl methyl sites for hydroxylation is 1. The monoisotopic (exact) mass is 291 g/mol. The van der Waals surface area contributed by atoms with Gasteiger partial charge in [-0.2, -0.15) is 0 Å². The summed E-state index contributed by atoms with van der Waals surface area (Å²) in [6, 6.07) is 18.4. The van der Waals surface area contributed by atoms with Crippen molar-refractivity contribution < 1.29 is 4.79 Å². The number of allylic oxidation sites excluding steroid dienone is 1. The molecule has 2 aromatic carbocycles. The Morgan fingerprint density at radius 1 is 1.00 bits per heavy atom. The van der Waals surface area contributed by atoms with Crippen LogP contribution >= 0.6 is 0 Å². The Balaban J connectivity index is 2.03. The zero-order chi connectivity index (χ0) is 15.4. The summed E-state index contributed by atoms with van der Waals surface area (Å²) in [7, 11) is 0. The number of para-hydroxylation sites is 1. The van der Waals surface area contributed by atoms with Gasteiger partial charge in [-0.15, -0.1) is 0 Å². The number of Topliss-reactive ketones (excluding diaryl/α,β-unsaturated/α-hetero) is 1. The van der Waals surface area contributed by atoms with Crippen LogP contribution in [0.15, 0.2) is 60.8 Å². The Kier molecular flexibility index (Phi) is 4.38. The molecule has 0 aromatic heterocycles. The number of carbonyl (C=O) groups excluding carboxylic acids is 1. The summed E-state index contributed by atoms with van der Waals surface area (Å²) in [6.07, 6.45) is 5.48. The molecule has 0 spiro atoms. The average molecular weight is 291 g/mol. The summed E-state index contributed by atoms with van der Waals surface area (Å²) < 4.78 is 0. The summed E-state index contributed by atoms with van der Waals surface area (Å²) >= 11 is 0. The lowest BCUT2D eigenvalue weighted by atomic mass is 10.0. The van der Waals surface area contributed by atoms with Gasteiger partial charge in [0.05, 0.1) is 0 Å². The average Bonchev–Trinajstić information content (AvgIpc) is 2.75. The first-order valence-electron chi connectivity index (χ1n) is 7.88. The molecule has 1 aliphatic rings. The van der Waals surface area contributed by atoms with Gasteiger partial charge in [0.2, 0.25) is 0 Å². The zero-order valence-corrected chi connectivity index (χ0v) is 13.0. The van der Waals surface area contributed by atoms with Gasteiger partial charge in [-0.1, -0.05) is 48.5 Å². The Hall–Kier alpha value is -2.35. The third kappa shape index (κ3) is 3.11. The van der Waals surface area contributed by atoms with Crippen molar-refractivity contribution in [3.05, 3.63) is 71.9 Å². The van der Waals surface area contributed by atoms with Crippen LogP contribution in [0.25, 0.3) is 5.57 Å². The van der Waals surface area contributed by atoms with Crippen LogP contribution in [0.1, 0.15) is 30.9 Å². The van der Waals surface area contributed by atoms with Crippen molar-refractivity contribution in [2.75, 3.05) is 11.4 Å². The topological polar surface area (TPSA) is 20.3 Å². The number of ketones is 1. The molecular formula is C20H21NO. The second kappa shape index (κ2) is 6.61. The molecule has 1 heterocycles. The van der Waals surface area contributed by atoms with E-state index in [4.69, 9.17) is 0 Å². The third-order valence-electron chi connectivity index (χ3n) is 4.15. The first-order chi connectivity index (χ1) is 10.8. The van der Waals surface area contributed by atoms with Gasteiger partial charge < -0.3 is 4.90 Å². The van der Waals surface area contributed by atoms with Crippen LogP contribution in [-0.2, 0) is 11.2 Å². The molecule has 3 rings (SSSR count). The van der Waals surface area contributed by atoms with E-state index in [1.54, 1.807) is 6.92 Å². The summed E-state index contributed by atoms with van der Waals surface area (Å²) in [6.45, 7) is 2.60. The highest BCUT2D eigenvalue weighted by Crippen LogP contribution is 2.28. The Morgan fingerprint density at radius 2 is 1.73 bits per heavy atom. The van der Waals surface area contributed by atoms with E-state index in [2.05, 4.69) is 29.2 Å². The highest BCUT2D eigenvalue weighted by Gasteiger charge is 2.15. The van der Waals surface area contributed by atoms with Crippen LogP contribution in [0.2, 0.25) is 0 Å². The minimum atomic E-state index is 0.105. The molecule has 2 heteroatoms. The van der Waals surface area contributed by atoms with E-state index in [-0.39, 0.29) is 5.78 Å². The maximum atomic E-state index is 12.1. The van der Waals surface area contributed by atoms with E-state index >= 15 is 0 Å². The summed E-state index contributed by atoms with van der Waals surface area (Å²) in [5.74, 6) is 0.105. The fraction of sp³-hybridized carbons (Fsp3) is 0.250. The summed E-state index contributed by atoms with van der Waals surface area (Å²) in [5, 5.41) is 0. The normalized spacial score (nSPS) is 15.1. The molecule has 0 aliphatic carbocycles. The van der Waals surface area contributed by atoms with Crippen molar-refractivity contribution in [2.45, 2.75) is 26.2 Å². The van der Waals surface area contributed by atoms with Crippen molar-refractivity contribution in [3.63, 3.8) is 0 Å². The second-order valence-corrected chi connectivity index (χ2v) is 5.74. The second-order valence-electron chi connectivity index (χ2n) is 5.74. The van der Waals surface area contributed by atoms with Gasteiger partial charge >= 0.3 is 0 Å². The molecule has 0 bridgehead atoms. The van der Waals surface area contributed by atoms with E-state index in [0.29, 0.717) is 0 Å². The standard InChI is InChI=1S/C20H21NO/c1-16(22)19(17-9-3-2-4-10-17)15-21-14-8-7-12-18-11-5-6-13-20(18)21/h2-6,9-11,13,15H,7-8,12,14H2,1H3/b19-15+. The molecule has 112 valence electrons. The molecule has 2 aromatic rings. The van der Waals surface area contributed by atoms with Gasteiger partial charge in [-0.25, -0.2) is 0 Å². The largest absolute Gasteiger partial charge is 0.347 e. The first kappa shape index (κ1) is 14.6. The first-order valence-corrected chi connectivity index (χ1v) is 7.88. The quantitative estimate of drug-likeness (QED) is 0.778. The number of anilines is 1. The van der Waals surface area contributed by atoms with Crippen LogP contribution in [0.5, 0.6) is 0 Å². The van der Waals surface area contributed by atoms with Gasteiger partial charge in [0.25, 0.3) is 0 Å². The number of rotatable bonds is 3. The predicted octanol–water partition coefficient (Wildman–Crippen LogP) is 4.46. The Bertz CT molecular complexity index is 688. The maximum Gasteiger partial charge on any atom is 0.161 e. The van der Waals surface area contributed by atoms with Crippen LogP contribution in [0.4, 0.5) is 5.69 Å². The van der Waals surface area contributed by atoms with Gasteiger partial charge in [-0.05, 0) is 43.4 Å². The van der Waals surface area contributed by atoms with E-state index in [0.717, 1.165) is 30.5 Å². The van der Waals surface area contributed by atoms with Crippen LogP contribution in [0.3, 0.4) is 0 Å². The third-order valence-corrected chi connectivity index (χ3v) is 4.15. The summed E-state index contributed by atoms with van der Waals surface area (Å²) in [5.41, 5.74) is 4.36. The number of carbonyl (C=O) groups is 1. The molecule has 0 N–H and O–H groups in total. The maximum absolute atomic E-state index is 12.1. The Labute approximate surface area is 132 Å². The van der Waals surface area contributed by atoms with Crippen molar-refractivity contribution in [1.82, 2.24) is 0 Å². The van der Waals surface area contributed by atoms with Gasteiger partial charge in [0.15, 0.2) is 5.78 Å². The van der Waals surface area contributed by atoms with Crippen LogP contribution in [-0.4, -0.2) is 12.3 Å². The molecule has 0 unspecified atom stereocenters. The lowest BCUT2D eigenvalue weighted by molar-refractivity contribution is -0.111. The van der Waals surface area contributed by atoms with Gasteiger partial charge in [0.1, 0.15) is 0 Å². The molecule has 0 fully saturated rings. The number of hydrogen-bond acceptors (Lipinski definition) is 2. The molecule has 0 atom stereocenters. The van der Waals surface area contributed by atoms with Crippen molar-refractivity contribution in [1.29, 1.82) is 0 Å². The van der Waals surface area contributed by atoms with E-state index < -0.39 is 0 Å². The fourth-order valence-corrected chi connectivity index (χ4v) is 3.00. The van der Waals surface area contributed by atoms with Gasteiger partial charge in [0, 0.05) is 24.0 Å². The number of nitrogens with zero attached hydrogens (tertiary/aromatic N) is 1. The smallest absolute Gasteiger partial charge is 0.161 e. The molecule has 22 heavy (non-hydrogen) atoms. The minimum absolute atomic E-state index is 0.105. The van der Waals surface area contributed by atoms with Crippen molar-refractivity contribution in [3.8, 4) is 0 Å². The molecule has 1 aliphatic heterocycles. The number of benzene rings is 2. The molecule has 0 radical (unpaired) electrons. The minimum Gasteiger partial charge on any atom is -0.347 e. The zero-order valence-electron chi connectivity index (χ0n) is 13.0. The number of fused-ring (bicyclic) bond motifs is 1. The number of hydrogen-bond donors (Lipinski definition) is 0. The van der Waals surface area contributed by atoms with E-state index in [1.807, 2.05) is 36.5 Å². The highest BCUT2D eigenvalue weighted by atomic mass is 16.1. The highest BCUT2D eigenvalue weighted by molar-refractivity contribution is 6.19. The van der Waals surface area contributed by atoms with E-state index in [9.17, 15) is 4.79 Å². The molecule has 2 nitrogen and oxygen atoms in total. The van der Waals surface area contributed by atoms with Crippen LogP contribution < -0.4 is 4.90 Å². The summed E-state index contributed by atoms with van der Waals surface area (Å²) in [4.78, 5) is 14.4. The molecule has 0 saturated heterocycles. The molecular weight excluding hydrogens is 270 g/mol. The van der Waals surface area contributed by atoms with Gasteiger partial charge in [-0.3, -0.25) is 4.79 Å². The Morgan fingerprint density at radius 3 is 2.50 bits per heavy atom. The van der Waals surface area contributed by atoms with Crippen LogP contribution in [0, 0.1) is 0 Å². The molecule has 0 saturated carbocycles. The predicted molar refractivity (Wildman–Crippen MR) is 91.8 cm³/mol. The lowest BCUT2D eigenvalue weighted by Gasteiger charge is -2.22. The lowest BCUT2D eigenvalue weighted by Crippen LogP contribution is -2.18. The SMILES string of the molecule is CC(=O)/C(=C\N1CCCCc2ccccc21)c1ccccc1. The van der Waals surface area contributed by atoms with Crippen molar-refractivity contribution in [2.24, 2.45) is 0 Å². The molecule has 0 amide bonds. The van der Waals surface area contributed by atoms with E-state index in [1.165, 1.54) is 17.7 Å². The fourth-order valence-electron chi connectivity index (χ4n) is 3.00.